The van der Waals surface area contributed by atoms with Crippen LogP contribution in [0.5, 0.6) is 0 Å². The monoisotopic (exact) mass is 185 g/mol. The van der Waals surface area contributed by atoms with E-state index in [0.717, 1.165) is 32.2 Å². The third-order valence-electron chi connectivity index (χ3n) is 3.50. The van der Waals surface area contributed by atoms with Crippen LogP contribution in [0.15, 0.2) is 0 Å². The van der Waals surface area contributed by atoms with Crippen LogP contribution in [-0.4, -0.2) is 38.0 Å². The van der Waals surface area contributed by atoms with E-state index in [9.17, 15) is 5.11 Å². The quantitative estimate of drug-likeness (QED) is 0.647. The van der Waals surface area contributed by atoms with E-state index >= 15 is 0 Å². The molecule has 3 heteroatoms. The molecule has 0 aromatic heterocycles. The fourth-order valence-corrected chi connectivity index (χ4v) is 2.65. The number of aliphatic hydroxyl groups excluding tert-OH is 1. The number of rotatable bonds is 2. The first-order valence-electron chi connectivity index (χ1n) is 5.31. The molecule has 2 fully saturated rings. The summed E-state index contributed by atoms with van der Waals surface area (Å²) in [5.74, 6) is 1.96. The fraction of sp³-hybridized carbons (Fsp3) is 1.00. The molecule has 2 unspecified atom stereocenters. The highest BCUT2D eigenvalue weighted by Crippen LogP contribution is 2.31. The second-order valence-electron chi connectivity index (χ2n) is 4.21. The van der Waals surface area contributed by atoms with Crippen LogP contribution < -0.4 is 5.32 Å². The zero-order chi connectivity index (χ0) is 9.10. The van der Waals surface area contributed by atoms with Gasteiger partial charge in [-0.1, -0.05) is 0 Å². The molecule has 0 bridgehead atoms. The van der Waals surface area contributed by atoms with Gasteiger partial charge >= 0.3 is 0 Å². The average Bonchev–Trinajstić information content (AvgIpc) is 2.67. The maximum atomic E-state index is 9.20. The minimum absolute atomic E-state index is 0.342. The molecule has 2 saturated heterocycles. The molecule has 0 spiro atoms. The van der Waals surface area contributed by atoms with Gasteiger partial charge in [0.05, 0.1) is 0 Å². The van der Waals surface area contributed by atoms with Crippen LogP contribution in [0.4, 0.5) is 0 Å². The summed E-state index contributed by atoms with van der Waals surface area (Å²) in [4.78, 5) is 0. The van der Waals surface area contributed by atoms with Gasteiger partial charge in [0.1, 0.15) is 0 Å². The van der Waals surface area contributed by atoms with Gasteiger partial charge < -0.3 is 15.2 Å². The van der Waals surface area contributed by atoms with Gasteiger partial charge in [-0.15, -0.1) is 0 Å². The lowest BCUT2D eigenvalue weighted by Crippen LogP contribution is -2.29. The van der Waals surface area contributed by atoms with E-state index in [-0.39, 0.29) is 0 Å². The van der Waals surface area contributed by atoms with Crippen molar-refractivity contribution in [3.63, 3.8) is 0 Å². The van der Waals surface area contributed by atoms with Crippen LogP contribution in [-0.2, 0) is 4.74 Å². The highest BCUT2D eigenvalue weighted by atomic mass is 16.5. The Balaban J connectivity index is 1.90. The van der Waals surface area contributed by atoms with Gasteiger partial charge in [0.2, 0.25) is 0 Å². The maximum Gasteiger partial charge on any atom is 0.0474 e. The van der Waals surface area contributed by atoms with E-state index in [1.807, 2.05) is 0 Å². The topological polar surface area (TPSA) is 41.5 Å². The van der Waals surface area contributed by atoms with Crippen molar-refractivity contribution in [2.75, 3.05) is 32.9 Å². The van der Waals surface area contributed by atoms with Crippen molar-refractivity contribution in [1.82, 2.24) is 5.32 Å². The second kappa shape index (κ2) is 4.40. The van der Waals surface area contributed by atoms with Crippen LogP contribution in [0.1, 0.15) is 12.8 Å². The summed E-state index contributed by atoms with van der Waals surface area (Å²) in [6.07, 6.45) is 2.37. The Labute approximate surface area is 79.5 Å². The normalized spacial score (nSPS) is 36.7. The fourth-order valence-electron chi connectivity index (χ4n) is 2.65. The standard InChI is InChI=1S/C10H19NO2/c12-7-9-5-11-6-10(9)8-1-3-13-4-2-8/h8-12H,1-7H2. The summed E-state index contributed by atoms with van der Waals surface area (Å²) in [5.41, 5.74) is 0. The van der Waals surface area contributed by atoms with Crippen LogP contribution in [0, 0.1) is 17.8 Å². The van der Waals surface area contributed by atoms with Gasteiger partial charge in [-0.05, 0) is 37.1 Å². The molecule has 2 aliphatic rings. The summed E-state index contributed by atoms with van der Waals surface area (Å²) >= 11 is 0. The molecule has 2 rings (SSSR count). The van der Waals surface area contributed by atoms with Crippen molar-refractivity contribution in [3.05, 3.63) is 0 Å². The second-order valence-corrected chi connectivity index (χ2v) is 4.21. The number of aliphatic hydroxyl groups is 1. The summed E-state index contributed by atoms with van der Waals surface area (Å²) in [6.45, 7) is 4.27. The molecule has 0 aliphatic carbocycles. The van der Waals surface area contributed by atoms with E-state index in [1.165, 1.54) is 12.8 Å². The van der Waals surface area contributed by atoms with E-state index in [1.54, 1.807) is 0 Å². The molecule has 0 aromatic rings. The summed E-state index contributed by atoms with van der Waals surface area (Å²) < 4.78 is 5.35. The molecule has 0 aromatic carbocycles. The lowest BCUT2D eigenvalue weighted by molar-refractivity contribution is 0.0360. The van der Waals surface area contributed by atoms with E-state index in [0.29, 0.717) is 18.4 Å². The Hall–Kier alpha value is -0.120. The lowest BCUT2D eigenvalue weighted by Gasteiger charge is -2.30. The van der Waals surface area contributed by atoms with Gasteiger partial charge in [0, 0.05) is 26.4 Å². The predicted molar refractivity (Wildman–Crippen MR) is 50.5 cm³/mol. The molecule has 0 saturated carbocycles. The minimum Gasteiger partial charge on any atom is -0.396 e. The van der Waals surface area contributed by atoms with Crippen LogP contribution in [0.25, 0.3) is 0 Å². The first-order chi connectivity index (χ1) is 6.42. The van der Waals surface area contributed by atoms with E-state index < -0.39 is 0 Å². The summed E-state index contributed by atoms with van der Waals surface area (Å²) in [6, 6.07) is 0. The highest BCUT2D eigenvalue weighted by molar-refractivity contribution is 4.86. The summed E-state index contributed by atoms with van der Waals surface area (Å²) in [7, 11) is 0. The zero-order valence-electron chi connectivity index (χ0n) is 8.04. The molecule has 0 radical (unpaired) electrons. The van der Waals surface area contributed by atoms with Gasteiger partial charge in [-0.2, -0.15) is 0 Å². The Morgan fingerprint density at radius 2 is 2.00 bits per heavy atom. The third-order valence-corrected chi connectivity index (χ3v) is 3.50. The Morgan fingerprint density at radius 3 is 2.69 bits per heavy atom. The Kier molecular flexibility index (Phi) is 3.19. The molecule has 2 N–H and O–H groups in total. The van der Waals surface area contributed by atoms with Crippen LogP contribution in [0.2, 0.25) is 0 Å². The maximum absolute atomic E-state index is 9.20. The first-order valence-corrected chi connectivity index (χ1v) is 5.31. The van der Waals surface area contributed by atoms with Crippen molar-refractivity contribution in [3.8, 4) is 0 Å². The van der Waals surface area contributed by atoms with Crippen LogP contribution in [0.3, 0.4) is 0 Å². The van der Waals surface area contributed by atoms with E-state index in [2.05, 4.69) is 5.32 Å². The number of hydrogen-bond donors (Lipinski definition) is 2. The molecule has 2 heterocycles. The van der Waals surface area contributed by atoms with Crippen LogP contribution >= 0.6 is 0 Å². The van der Waals surface area contributed by atoms with Crippen molar-refractivity contribution in [2.45, 2.75) is 12.8 Å². The number of hydrogen-bond acceptors (Lipinski definition) is 3. The van der Waals surface area contributed by atoms with Crippen molar-refractivity contribution < 1.29 is 9.84 Å². The Bertz CT molecular complexity index is 157. The molecule has 2 aliphatic heterocycles. The largest absolute Gasteiger partial charge is 0.396 e. The average molecular weight is 185 g/mol. The predicted octanol–water partition coefficient (Wildman–Crippen LogP) is 0.241. The third kappa shape index (κ3) is 2.03. The molecule has 3 nitrogen and oxygen atoms in total. The van der Waals surface area contributed by atoms with Crippen molar-refractivity contribution in [2.24, 2.45) is 17.8 Å². The minimum atomic E-state index is 0.342. The van der Waals surface area contributed by atoms with Gasteiger partial charge in [0.15, 0.2) is 0 Å². The summed E-state index contributed by atoms with van der Waals surface area (Å²) in [5, 5.41) is 12.6. The van der Waals surface area contributed by atoms with Gasteiger partial charge in [0.25, 0.3) is 0 Å². The smallest absolute Gasteiger partial charge is 0.0474 e. The molecular formula is C10H19NO2. The molecule has 0 amide bonds. The molecular weight excluding hydrogens is 166 g/mol. The molecule has 13 heavy (non-hydrogen) atoms. The van der Waals surface area contributed by atoms with Gasteiger partial charge in [-0.25, -0.2) is 0 Å². The Morgan fingerprint density at radius 1 is 1.23 bits per heavy atom. The molecule has 76 valence electrons. The SMILES string of the molecule is OCC1CNCC1C1CCOCC1. The number of ether oxygens (including phenoxy) is 1. The van der Waals surface area contributed by atoms with Crippen molar-refractivity contribution >= 4 is 0 Å². The van der Waals surface area contributed by atoms with Crippen molar-refractivity contribution in [1.29, 1.82) is 0 Å². The lowest BCUT2D eigenvalue weighted by atomic mass is 9.80. The zero-order valence-corrected chi connectivity index (χ0v) is 8.04. The molecule has 2 atom stereocenters. The van der Waals surface area contributed by atoms with E-state index in [4.69, 9.17) is 4.74 Å². The number of nitrogens with one attached hydrogen (secondary N) is 1. The highest BCUT2D eigenvalue weighted by Gasteiger charge is 2.33. The van der Waals surface area contributed by atoms with Gasteiger partial charge in [-0.3, -0.25) is 0 Å². The first kappa shape index (κ1) is 9.44.